The number of ether oxygens (including phenoxy) is 2. The lowest BCUT2D eigenvalue weighted by Crippen LogP contribution is -2.59. The zero-order chi connectivity index (χ0) is 32.7. The minimum absolute atomic E-state index is 0.0485. The maximum Gasteiger partial charge on any atom is 0.289 e. The van der Waals surface area contributed by atoms with Crippen molar-refractivity contribution in [3.05, 3.63) is 42.5 Å². The summed E-state index contributed by atoms with van der Waals surface area (Å²) in [6.45, 7) is 15.4. The molecule has 44 heavy (non-hydrogen) atoms. The molecule has 1 saturated heterocycles. The van der Waals surface area contributed by atoms with Crippen LogP contribution in [-0.2, 0) is 35.1 Å². The van der Waals surface area contributed by atoms with Crippen molar-refractivity contribution in [3.8, 4) is 5.75 Å². The lowest BCUT2D eigenvalue weighted by atomic mass is 9.85. The van der Waals surface area contributed by atoms with Crippen molar-refractivity contribution in [2.75, 3.05) is 19.7 Å². The SMILES string of the molecule is C=CCNC(=O)C(=O)C(CCC)NC(=O)[C@@H]1C[C@@H]2CN1C(=O)[C@H](C(C)(C)C)NC(=O)Cc1cccc(c1)OCCC(C)(C)O2. The van der Waals surface area contributed by atoms with Crippen LogP contribution in [0.3, 0.4) is 0 Å². The standard InChI is InChI=1S/C33H48N4O7/c1-8-11-24(27(39)30(41)34-15-9-2)35-29(40)25-19-23-20-37(25)31(42)28(32(3,4)5)36-26(38)18-21-12-10-13-22(17-21)43-16-14-33(6,7)44-23/h9-10,12-13,17,23-25,28H,2,8,11,14-16,18-20H2,1,3-7H3,(H,34,41)(H,35,40)(H,36,38)/t23-,24?,25+,28-/m1/s1. The summed E-state index contributed by atoms with van der Waals surface area (Å²) < 4.78 is 12.4. The molecule has 1 fully saturated rings. The maximum absolute atomic E-state index is 14.2. The number of ketones is 1. The topological polar surface area (TPSA) is 143 Å². The Kier molecular flexibility index (Phi) is 11.7. The number of benzene rings is 1. The number of nitrogens with one attached hydrogen (secondary N) is 3. The van der Waals surface area contributed by atoms with Gasteiger partial charge in [-0.25, -0.2) is 0 Å². The van der Waals surface area contributed by atoms with Crippen LogP contribution in [0.2, 0.25) is 0 Å². The van der Waals surface area contributed by atoms with Gasteiger partial charge >= 0.3 is 0 Å². The molecule has 0 spiro atoms. The highest BCUT2D eigenvalue weighted by Crippen LogP contribution is 2.31. The van der Waals surface area contributed by atoms with E-state index in [0.29, 0.717) is 25.2 Å². The largest absolute Gasteiger partial charge is 0.493 e. The summed E-state index contributed by atoms with van der Waals surface area (Å²) in [5.74, 6) is -2.24. The highest BCUT2D eigenvalue weighted by atomic mass is 16.5. The van der Waals surface area contributed by atoms with Crippen LogP contribution in [0.4, 0.5) is 0 Å². The molecule has 4 bridgehead atoms. The van der Waals surface area contributed by atoms with Gasteiger partial charge < -0.3 is 30.3 Å². The van der Waals surface area contributed by atoms with E-state index < -0.39 is 58.8 Å². The van der Waals surface area contributed by atoms with E-state index in [1.54, 1.807) is 0 Å². The zero-order valence-electron chi connectivity index (χ0n) is 26.9. The average molecular weight is 613 g/mol. The Balaban J connectivity index is 1.94. The summed E-state index contributed by atoms with van der Waals surface area (Å²) >= 11 is 0. The molecule has 0 radical (unpaired) electrons. The van der Waals surface area contributed by atoms with Gasteiger partial charge in [-0.1, -0.05) is 52.3 Å². The first-order valence-corrected chi connectivity index (χ1v) is 15.4. The van der Waals surface area contributed by atoms with Crippen LogP contribution in [0.5, 0.6) is 5.75 Å². The minimum atomic E-state index is -1.06. The summed E-state index contributed by atoms with van der Waals surface area (Å²) in [7, 11) is 0. The van der Waals surface area contributed by atoms with Crippen LogP contribution >= 0.6 is 0 Å². The third-order valence-corrected chi connectivity index (χ3v) is 7.83. The van der Waals surface area contributed by atoms with Gasteiger partial charge in [0.15, 0.2) is 0 Å². The first-order chi connectivity index (χ1) is 20.6. The van der Waals surface area contributed by atoms with Crippen LogP contribution in [-0.4, -0.2) is 83.8 Å². The molecule has 0 aromatic heterocycles. The third-order valence-electron chi connectivity index (χ3n) is 7.83. The van der Waals surface area contributed by atoms with Gasteiger partial charge in [-0.3, -0.25) is 24.0 Å². The van der Waals surface area contributed by atoms with E-state index in [1.165, 1.54) is 11.0 Å². The van der Waals surface area contributed by atoms with E-state index in [4.69, 9.17) is 9.47 Å². The normalized spacial score (nSPS) is 23.1. The number of fused-ring (bicyclic) bond motifs is 4. The Hall–Kier alpha value is -3.73. The fraction of sp³-hybridized carbons (Fsp3) is 0.606. The Morgan fingerprint density at radius 2 is 1.95 bits per heavy atom. The molecule has 0 saturated carbocycles. The van der Waals surface area contributed by atoms with Gasteiger partial charge in [0.1, 0.15) is 17.8 Å². The second-order valence-corrected chi connectivity index (χ2v) is 13.2. The highest BCUT2D eigenvalue weighted by molar-refractivity contribution is 6.38. The number of hydrogen-bond donors (Lipinski definition) is 3. The second-order valence-electron chi connectivity index (χ2n) is 13.2. The van der Waals surface area contributed by atoms with Gasteiger partial charge in [-0.05, 0) is 43.4 Å². The van der Waals surface area contributed by atoms with Crippen LogP contribution in [0, 0.1) is 5.41 Å². The van der Waals surface area contributed by atoms with Gasteiger partial charge in [0, 0.05) is 25.9 Å². The molecule has 11 heteroatoms. The number of nitrogens with zero attached hydrogens (tertiary/aromatic N) is 1. The molecule has 0 aliphatic carbocycles. The summed E-state index contributed by atoms with van der Waals surface area (Å²) in [6.07, 6.45) is 2.53. The fourth-order valence-corrected chi connectivity index (χ4v) is 5.49. The lowest BCUT2D eigenvalue weighted by Gasteiger charge is -2.36. The fourth-order valence-electron chi connectivity index (χ4n) is 5.49. The monoisotopic (exact) mass is 612 g/mol. The first-order valence-electron chi connectivity index (χ1n) is 15.4. The molecule has 2 heterocycles. The number of rotatable bonds is 8. The minimum Gasteiger partial charge on any atom is -0.493 e. The van der Waals surface area contributed by atoms with Crippen molar-refractivity contribution in [1.29, 1.82) is 0 Å². The zero-order valence-corrected chi connectivity index (χ0v) is 26.9. The third kappa shape index (κ3) is 9.38. The van der Waals surface area contributed by atoms with Crippen LogP contribution < -0.4 is 20.7 Å². The van der Waals surface area contributed by atoms with Gasteiger partial charge in [-0.15, -0.1) is 6.58 Å². The summed E-state index contributed by atoms with van der Waals surface area (Å²) in [5, 5.41) is 8.11. The molecule has 242 valence electrons. The molecular weight excluding hydrogens is 564 g/mol. The van der Waals surface area contributed by atoms with Gasteiger partial charge in [0.05, 0.1) is 30.8 Å². The van der Waals surface area contributed by atoms with Gasteiger partial charge in [-0.2, -0.15) is 0 Å². The average Bonchev–Trinajstić information content (AvgIpc) is 3.35. The maximum atomic E-state index is 14.2. The number of amides is 4. The van der Waals surface area contributed by atoms with E-state index in [0.717, 1.165) is 5.56 Å². The van der Waals surface area contributed by atoms with E-state index in [2.05, 4.69) is 22.5 Å². The quantitative estimate of drug-likeness (QED) is 0.302. The molecule has 11 nitrogen and oxygen atoms in total. The lowest BCUT2D eigenvalue weighted by molar-refractivity contribution is -0.145. The Bertz CT molecular complexity index is 1240. The molecule has 2 aliphatic heterocycles. The van der Waals surface area contributed by atoms with E-state index in [-0.39, 0.29) is 38.3 Å². The molecule has 1 aromatic rings. The highest BCUT2D eigenvalue weighted by Gasteiger charge is 2.47. The molecule has 4 atom stereocenters. The van der Waals surface area contributed by atoms with Crippen molar-refractivity contribution in [2.24, 2.45) is 5.41 Å². The molecule has 4 amide bonds. The molecule has 3 N–H and O–H groups in total. The van der Waals surface area contributed by atoms with Gasteiger partial charge in [0.25, 0.3) is 5.91 Å². The second kappa shape index (κ2) is 14.8. The summed E-state index contributed by atoms with van der Waals surface area (Å²) in [4.78, 5) is 68.0. The smallest absolute Gasteiger partial charge is 0.289 e. The van der Waals surface area contributed by atoms with Crippen molar-refractivity contribution < 1.29 is 33.4 Å². The predicted molar refractivity (Wildman–Crippen MR) is 166 cm³/mol. The molecule has 1 unspecified atom stereocenters. The number of carbonyl (C=O) groups excluding carboxylic acids is 5. The molecular formula is C33H48N4O7. The Morgan fingerprint density at radius 3 is 2.61 bits per heavy atom. The van der Waals surface area contributed by atoms with E-state index in [1.807, 2.05) is 65.8 Å². The van der Waals surface area contributed by atoms with E-state index >= 15 is 0 Å². The van der Waals surface area contributed by atoms with Crippen molar-refractivity contribution in [3.63, 3.8) is 0 Å². The molecule has 1 aromatic carbocycles. The molecule has 2 aliphatic rings. The predicted octanol–water partition coefficient (Wildman–Crippen LogP) is 2.46. The first kappa shape index (κ1) is 34.8. The van der Waals surface area contributed by atoms with Crippen molar-refractivity contribution in [2.45, 2.75) is 103 Å². The Morgan fingerprint density at radius 1 is 1.23 bits per heavy atom. The van der Waals surface area contributed by atoms with Crippen LogP contribution in [0.25, 0.3) is 0 Å². The molecule has 3 rings (SSSR count). The summed E-state index contributed by atoms with van der Waals surface area (Å²) in [6, 6.07) is 4.32. The van der Waals surface area contributed by atoms with Crippen molar-refractivity contribution >= 4 is 29.4 Å². The number of carbonyl (C=O) groups is 5. The number of Topliss-reactive ketones (excluding diaryl/α,β-unsaturated/α-hetero) is 1. The number of hydrogen-bond acceptors (Lipinski definition) is 7. The Labute approximate surface area is 260 Å². The van der Waals surface area contributed by atoms with Crippen LogP contribution in [0.1, 0.15) is 72.8 Å². The summed E-state index contributed by atoms with van der Waals surface area (Å²) in [5.41, 5.74) is -0.585. The van der Waals surface area contributed by atoms with Crippen LogP contribution in [0.15, 0.2) is 36.9 Å². The van der Waals surface area contributed by atoms with Gasteiger partial charge in [0.2, 0.25) is 23.5 Å². The van der Waals surface area contributed by atoms with E-state index in [9.17, 15) is 24.0 Å². The van der Waals surface area contributed by atoms with Crippen molar-refractivity contribution in [1.82, 2.24) is 20.9 Å².